The topological polar surface area (TPSA) is 65.5 Å². The highest BCUT2D eigenvalue weighted by molar-refractivity contribution is 6.00. The van der Waals surface area contributed by atoms with Crippen molar-refractivity contribution in [2.24, 2.45) is 0 Å². The number of aromatic nitrogens is 1. The molecule has 1 aliphatic heterocycles. The Morgan fingerprint density at radius 1 is 0.963 bits per heavy atom. The number of carbonyl (C=O) groups excluding carboxylic acids is 2. The molecular weight excluding hydrogens is 340 g/mol. The van der Waals surface area contributed by atoms with Crippen LogP contribution in [0.15, 0.2) is 48.7 Å². The molecule has 0 saturated carbocycles. The average Bonchev–Trinajstić information content (AvgIpc) is 2.67. The van der Waals surface area contributed by atoms with Gasteiger partial charge in [0.05, 0.1) is 0 Å². The molecule has 27 heavy (non-hydrogen) atoms. The molecule has 1 aromatic carbocycles. The molecule has 1 aromatic heterocycles. The van der Waals surface area contributed by atoms with Gasteiger partial charge < -0.3 is 15.1 Å². The van der Waals surface area contributed by atoms with E-state index in [0.717, 1.165) is 18.9 Å². The van der Waals surface area contributed by atoms with E-state index in [4.69, 9.17) is 0 Å². The van der Waals surface area contributed by atoms with Crippen molar-refractivity contribution in [1.29, 1.82) is 0 Å². The van der Waals surface area contributed by atoms with Crippen LogP contribution in [-0.2, 0) is 0 Å². The lowest BCUT2D eigenvalue weighted by atomic mass is 10.1. The van der Waals surface area contributed by atoms with Crippen LogP contribution in [0.5, 0.6) is 0 Å². The van der Waals surface area contributed by atoms with Crippen molar-refractivity contribution in [2.75, 3.05) is 31.1 Å². The molecule has 3 rings (SSSR count). The van der Waals surface area contributed by atoms with E-state index in [1.807, 2.05) is 43.9 Å². The zero-order chi connectivity index (χ0) is 19.4. The average molecular weight is 366 g/mol. The Kier molecular flexibility index (Phi) is 5.44. The third-order valence-electron chi connectivity index (χ3n) is 4.40. The fraction of sp³-hybridized carbons (Fsp3) is 0.381. The number of benzene rings is 1. The lowest BCUT2D eigenvalue weighted by molar-refractivity contribution is 0.0746. The molecule has 6 heteroatoms. The molecule has 2 aromatic rings. The number of carbonyl (C=O) groups is 2. The van der Waals surface area contributed by atoms with Gasteiger partial charge in [-0.15, -0.1) is 0 Å². The fourth-order valence-corrected chi connectivity index (χ4v) is 3.07. The van der Waals surface area contributed by atoms with Gasteiger partial charge in [-0.25, -0.2) is 4.98 Å². The first kappa shape index (κ1) is 18.9. The van der Waals surface area contributed by atoms with Crippen LogP contribution >= 0.6 is 0 Å². The largest absolute Gasteiger partial charge is 0.353 e. The molecule has 0 bridgehead atoms. The smallest absolute Gasteiger partial charge is 0.253 e. The van der Waals surface area contributed by atoms with E-state index in [0.29, 0.717) is 24.2 Å². The van der Waals surface area contributed by atoms with Gasteiger partial charge in [0.2, 0.25) is 0 Å². The van der Waals surface area contributed by atoms with Crippen molar-refractivity contribution in [3.63, 3.8) is 0 Å². The molecule has 6 nitrogen and oxygen atoms in total. The second kappa shape index (κ2) is 7.78. The van der Waals surface area contributed by atoms with Crippen LogP contribution in [-0.4, -0.2) is 53.4 Å². The van der Waals surface area contributed by atoms with Crippen LogP contribution in [0.3, 0.4) is 0 Å². The monoisotopic (exact) mass is 366 g/mol. The molecule has 1 N–H and O–H groups in total. The van der Waals surface area contributed by atoms with Gasteiger partial charge in [0.15, 0.2) is 0 Å². The minimum Gasteiger partial charge on any atom is -0.353 e. The van der Waals surface area contributed by atoms with Gasteiger partial charge in [0.25, 0.3) is 11.8 Å². The highest BCUT2D eigenvalue weighted by Crippen LogP contribution is 2.15. The highest BCUT2D eigenvalue weighted by atomic mass is 16.2. The Labute approximate surface area is 160 Å². The van der Waals surface area contributed by atoms with Crippen molar-refractivity contribution in [3.8, 4) is 0 Å². The number of piperazine rings is 1. The summed E-state index contributed by atoms with van der Waals surface area (Å²) >= 11 is 0. The van der Waals surface area contributed by atoms with Crippen LogP contribution in [0.2, 0.25) is 0 Å². The van der Waals surface area contributed by atoms with Gasteiger partial charge in [0, 0.05) is 49.0 Å². The van der Waals surface area contributed by atoms with E-state index >= 15 is 0 Å². The normalized spacial score (nSPS) is 14.8. The number of rotatable bonds is 3. The van der Waals surface area contributed by atoms with Crippen molar-refractivity contribution in [1.82, 2.24) is 15.2 Å². The number of anilines is 1. The number of amides is 2. The maximum Gasteiger partial charge on any atom is 0.253 e. The molecule has 142 valence electrons. The summed E-state index contributed by atoms with van der Waals surface area (Å²) in [7, 11) is 0. The van der Waals surface area contributed by atoms with Crippen LogP contribution < -0.4 is 10.2 Å². The van der Waals surface area contributed by atoms with Crippen molar-refractivity contribution in [2.45, 2.75) is 26.3 Å². The van der Waals surface area contributed by atoms with Gasteiger partial charge in [-0.2, -0.15) is 0 Å². The maximum atomic E-state index is 12.9. The molecule has 0 radical (unpaired) electrons. The number of nitrogens with zero attached hydrogens (tertiary/aromatic N) is 3. The molecule has 2 heterocycles. The number of pyridine rings is 1. The van der Waals surface area contributed by atoms with Gasteiger partial charge >= 0.3 is 0 Å². The van der Waals surface area contributed by atoms with Crippen LogP contribution in [0.1, 0.15) is 41.5 Å². The fourth-order valence-electron chi connectivity index (χ4n) is 3.07. The minimum atomic E-state index is -0.321. The number of nitrogens with one attached hydrogen (secondary N) is 1. The SMILES string of the molecule is CC(C)(C)NC(=O)c1cccc(C(=O)N2CCN(c3ccccn3)CC2)c1. The summed E-state index contributed by atoms with van der Waals surface area (Å²) in [6.45, 7) is 8.55. The zero-order valence-corrected chi connectivity index (χ0v) is 16.1. The first-order chi connectivity index (χ1) is 12.8. The third-order valence-corrected chi connectivity index (χ3v) is 4.40. The molecular formula is C21H26N4O2. The van der Waals surface area contributed by atoms with Gasteiger partial charge in [-0.1, -0.05) is 12.1 Å². The standard InChI is InChI=1S/C21H26N4O2/c1-21(2,3)23-19(26)16-7-6-8-17(15-16)20(27)25-13-11-24(12-14-25)18-9-4-5-10-22-18/h4-10,15H,11-14H2,1-3H3,(H,23,26). The van der Waals surface area contributed by atoms with E-state index in [1.165, 1.54) is 0 Å². The first-order valence-electron chi connectivity index (χ1n) is 9.21. The van der Waals surface area contributed by atoms with Crippen molar-refractivity contribution >= 4 is 17.6 Å². The minimum absolute atomic E-state index is 0.0407. The van der Waals surface area contributed by atoms with E-state index in [-0.39, 0.29) is 17.4 Å². The molecule has 0 aliphatic carbocycles. The highest BCUT2D eigenvalue weighted by Gasteiger charge is 2.23. The number of hydrogen-bond acceptors (Lipinski definition) is 4. The Morgan fingerprint density at radius 2 is 1.67 bits per heavy atom. The van der Waals surface area contributed by atoms with Crippen LogP contribution in [0, 0.1) is 0 Å². The lowest BCUT2D eigenvalue weighted by Gasteiger charge is -2.35. The summed E-state index contributed by atoms with van der Waals surface area (Å²) in [5.41, 5.74) is 0.726. The Bertz CT molecular complexity index is 806. The zero-order valence-electron chi connectivity index (χ0n) is 16.1. The predicted molar refractivity (Wildman–Crippen MR) is 106 cm³/mol. The van der Waals surface area contributed by atoms with Gasteiger partial charge in [0.1, 0.15) is 5.82 Å². The maximum absolute atomic E-state index is 12.9. The molecule has 1 aliphatic rings. The third kappa shape index (κ3) is 4.84. The summed E-state index contributed by atoms with van der Waals surface area (Å²) in [5, 5.41) is 2.93. The van der Waals surface area contributed by atoms with E-state index < -0.39 is 0 Å². The van der Waals surface area contributed by atoms with Crippen LogP contribution in [0.4, 0.5) is 5.82 Å². The number of hydrogen-bond donors (Lipinski definition) is 1. The summed E-state index contributed by atoms with van der Waals surface area (Å²) in [6.07, 6.45) is 1.78. The summed E-state index contributed by atoms with van der Waals surface area (Å²) < 4.78 is 0. The quantitative estimate of drug-likeness (QED) is 0.907. The second-order valence-electron chi connectivity index (χ2n) is 7.75. The summed E-state index contributed by atoms with van der Waals surface area (Å²) in [5.74, 6) is 0.726. The Balaban J connectivity index is 1.65. The first-order valence-corrected chi connectivity index (χ1v) is 9.21. The molecule has 0 spiro atoms. The molecule has 0 atom stereocenters. The Morgan fingerprint density at radius 3 is 2.30 bits per heavy atom. The van der Waals surface area contributed by atoms with E-state index in [9.17, 15) is 9.59 Å². The molecule has 2 amide bonds. The second-order valence-corrected chi connectivity index (χ2v) is 7.75. The molecule has 0 unspecified atom stereocenters. The lowest BCUT2D eigenvalue weighted by Crippen LogP contribution is -2.49. The van der Waals surface area contributed by atoms with Crippen molar-refractivity contribution < 1.29 is 9.59 Å². The molecule has 1 fully saturated rings. The Hall–Kier alpha value is -2.89. The summed E-state index contributed by atoms with van der Waals surface area (Å²) in [6, 6.07) is 12.8. The summed E-state index contributed by atoms with van der Waals surface area (Å²) in [4.78, 5) is 33.6. The van der Waals surface area contributed by atoms with Crippen LogP contribution in [0.25, 0.3) is 0 Å². The van der Waals surface area contributed by atoms with E-state index in [2.05, 4.69) is 15.2 Å². The van der Waals surface area contributed by atoms with E-state index in [1.54, 1.807) is 30.5 Å². The molecule has 1 saturated heterocycles. The van der Waals surface area contributed by atoms with Gasteiger partial charge in [-0.05, 0) is 51.1 Å². The van der Waals surface area contributed by atoms with Gasteiger partial charge in [-0.3, -0.25) is 9.59 Å². The van der Waals surface area contributed by atoms with Crippen molar-refractivity contribution in [3.05, 3.63) is 59.8 Å². The predicted octanol–water partition coefficient (Wildman–Crippen LogP) is 2.57.